The third-order valence-electron chi connectivity index (χ3n) is 4.31. The van der Waals surface area contributed by atoms with E-state index in [0.29, 0.717) is 5.56 Å². The highest BCUT2D eigenvalue weighted by Crippen LogP contribution is 2.25. The summed E-state index contributed by atoms with van der Waals surface area (Å²) in [4.78, 5) is 0.211. The molecule has 0 aliphatic carbocycles. The van der Waals surface area contributed by atoms with Crippen molar-refractivity contribution >= 4 is 15.5 Å². The molecule has 0 atom stereocenters. The van der Waals surface area contributed by atoms with E-state index >= 15 is 0 Å². The van der Waals surface area contributed by atoms with Crippen molar-refractivity contribution in [1.29, 1.82) is 0 Å². The molecule has 0 fully saturated rings. The van der Waals surface area contributed by atoms with Crippen molar-refractivity contribution in [3.8, 4) is 11.1 Å². The second kappa shape index (κ2) is 7.26. The van der Waals surface area contributed by atoms with Crippen LogP contribution in [0.3, 0.4) is 0 Å². The van der Waals surface area contributed by atoms with Gasteiger partial charge >= 0.3 is 0 Å². The molecule has 0 heterocycles. The van der Waals surface area contributed by atoms with Crippen LogP contribution in [0.1, 0.15) is 16.7 Å². The van der Waals surface area contributed by atoms with Gasteiger partial charge in [-0.3, -0.25) is 0 Å². The van der Waals surface area contributed by atoms with Gasteiger partial charge in [-0.05, 0) is 37.1 Å². The Kier molecular flexibility index (Phi) is 5.05. The number of hydrogen-bond acceptors (Lipinski definition) is 2. The zero-order valence-electron chi connectivity index (χ0n) is 14.8. The Balaban J connectivity index is 1.93. The normalized spacial score (nSPS) is 11.3. The van der Waals surface area contributed by atoms with Gasteiger partial charge in [0.15, 0.2) is 9.84 Å². The summed E-state index contributed by atoms with van der Waals surface area (Å²) in [6.45, 7) is 3.91. The number of rotatable bonds is 5. The standard InChI is InChI=1S/C22H20NO2S/c1-16-7-11-18(12-8-16)20-5-3-4-6-21(20)22(23)15-26(24,25)19-13-9-17(2)10-14-19/h3-14H,15H2,1-2H3. The van der Waals surface area contributed by atoms with Gasteiger partial charge in [-0.1, -0.05) is 71.8 Å². The Morgan fingerprint density at radius 1 is 0.808 bits per heavy atom. The summed E-state index contributed by atoms with van der Waals surface area (Å²) in [5.41, 5.74) is 4.26. The SMILES string of the molecule is Cc1ccc(-c2ccccc2C(=[N])CS(=O)(=O)c2ccc(C)cc2)cc1. The van der Waals surface area contributed by atoms with E-state index in [1.807, 2.05) is 50.2 Å². The molecule has 0 N–H and O–H groups in total. The van der Waals surface area contributed by atoms with Gasteiger partial charge in [-0.15, -0.1) is 0 Å². The first-order valence-electron chi connectivity index (χ1n) is 8.37. The molecule has 0 amide bonds. The van der Waals surface area contributed by atoms with Crippen molar-refractivity contribution in [1.82, 2.24) is 5.41 Å². The van der Waals surface area contributed by atoms with Crippen molar-refractivity contribution in [2.45, 2.75) is 18.7 Å². The van der Waals surface area contributed by atoms with Crippen molar-refractivity contribution in [2.75, 3.05) is 5.75 Å². The molecule has 0 aromatic heterocycles. The fourth-order valence-corrected chi connectivity index (χ4v) is 4.04. The minimum absolute atomic E-state index is 0.151. The first-order chi connectivity index (χ1) is 12.4. The molecular weight excluding hydrogens is 342 g/mol. The molecule has 3 aromatic carbocycles. The largest absolute Gasteiger partial charge is 0.223 e. The highest BCUT2D eigenvalue weighted by atomic mass is 32.2. The van der Waals surface area contributed by atoms with Gasteiger partial charge in [0.25, 0.3) is 0 Å². The highest BCUT2D eigenvalue weighted by Gasteiger charge is 2.20. The van der Waals surface area contributed by atoms with Crippen LogP contribution >= 0.6 is 0 Å². The molecule has 0 aliphatic rings. The van der Waals surface area contributed by atoms with Crippen LogP contribution < -0.4 is 5.41 Å². The Labute approximate surface area is 154 Å². The lowest BCUT2D eigenvalue weighted by molar-refractivity contribution is 0.600. The minimum atomic E-state index is -3.62. The average Bonchev–Trinajstić information content (AvgIpc) is 2.62. The number of nitrogens with zero attached hydrogens (tertiary/aromatic N) is 1. The predicted molar refractivity (Wildman–Crippen MR) is 106 cm³/mol. The zero-order valence-corrected chi connectivity index (χ0v) is 15.6. The Morgan fingerprint density at radius 2 is 1.35 bits per heavy atom. The van der Waals surface area contributed by atoms with Gasteiger partial charge < -0.3 is 0 Å². The maximum absolute atomic E-state index is 12.6. The molecule has 4 heteroatoms. The second-order valence-electron chi connectivity index (χ2n) is 6.43. The van der Waals surface area contributed by atoms with Crippen LogP contribution in [-0.2, 0) is 9.84 Å². The molecule has 131 valence electrons. The topological polar surface area (TPSA) is 56.4 Å². The molecule has 26 heavy (non-hydrogen) atoms. The minimum Gasteiger partial charge on any atom is -0.223 e. The lowest BCUT2D eigenvalue weighted by Crippen LogP contribution is -2.19. The summed E-state index contributed by atoms with van der Waals surface area (Å²) in [6.07, 6.45) is 0. The van der Waals surface area contributed by atoms with Crippen molar-refractivity contribution in [3.63, 3.8) is 0 Å². The molecule has 0 unspecified atom stereocenters. The van der Waals surface area contributed by atoms with Crippen molar-refractivity contribution < 1.29 is 8.42 Å². The Bertz CT molecular complexity index is 1030. The summed E-state index contributed by atoms with van der Waals surface area (Å²) in [5, 5.41) is 10.6. The summed E-state index contributed by atoms with van der Waals surface area (Å²) >= 11 is 0. The predicted octanol–water partition coefficient (Wildman–Crippen LogP) is 4.03. The zero-order chi connectivity index (χ0) is 18.7. The lowest BCUT2D eigenvalue weighted by Gasteiger charge is -2.11. The fourth-order valence-electron chi connectivity index (χ4n) is 2.81. The lowest BCUT2D eigenvalue weighted by atomic mass is 9.96. The molecule has 0 saturated carbocycles. The molecule has 0 bridgehead atoms. The van der Waals surface area contributed by atoms with Crippen LogP contribution in [0.25, 0.3) is 11.1 Å². The van der Waals surface area contributed by atoms with Crippen molar-refractivity contribution in [2.24, 2.45) is 0 Å². The molecule has 1 radical (unpaired) electrons. The molecular formula is C22H20NO2S. The van der Waals surface area contributed by atoms with Crippen LogP contribution in [0.2, 0.25) is 0 Å². The number of aryl methyl sites for hydroxylation is 2. The summed E-state index contributed by atoms with van der Waals surface area (Å²) in [6, 6.07) is 21.9. The second-order valence-corrected chi connectivity index (χ2v) is 8.42. The van der Waals surface area contributed by atoms with Crippen molar-refractivity contribution in [3.05, 3.63) is 89.5 Å². The molecule has 0 saturated heterocycles. The molecule has 0 spiro atoms. The average molecular weight is 362 g/mol. The van der Waals surface area contributed by atoms with Crippen LogP contribution in [-0.4, -0.2) is 19.9 Å². The maximum atomic E-state index is 12.6. The smallest absolute Gasteiger partial charge is 0.184 e. The maximum Gasteiger partial charge on any atom is 0.184 e. The van der Waals surface area contributed by atoms with Gasteiger partial charge in [0, 0.05) is 5.56 Å². The Morgan fingerprint density at radius 3 is 1.96 bits per heavy atom. The Hall–Kier alpha value is -2.72. The third-order valence-corrected chi connectivity index (χ3v) is 5.95. The first-order valence-corrected chi connectivity index (χ1v) is 10.0. The van der Waals surface area contributed by atoms with Crippen LogP contribution in [0.4, 0.5) is 0 Å². The summed E-state index contributed by atoms with van der Waals surface area (Å²) < 4.78 is 25.3. The van der Waals surface area contributed by atoms with Crippen LogP contribution in [0, 0.1) is 13.8 Å². The van der Waals surface area contributed by atoms with Crippen LogP contribution in [0.5, 0.6) is 0 Å². The van der Waals surface area contributed by atoms with Crippen LogP contribution in [0.15, 0.2) is 77.7 Å². The highest BCUT2D eigenvalue weighted by molar-refractivity contribution is 7.92. The molecule has 3 rings (SSSR count). The fraction of sp³-hybridized carbons (Fsp3) is 0.136. The summed E-state index contributed by atoms with van der Waals surface area (Å²) in [5.74, 6) is -0.432. The van der Waals surface area contributed by atoms with Gasteiger partial charge in [0.05, 0.1) is 16.4 Å². The van der Waals surface area contributed by atoms with Gasteiger partial charge in [-0.2, -0.15) is 5.41 Å². The number of sulfone groups is 1. The quantitative estimate of drug-likeness (QED) is 0.643. The first kappa shape index (κ1) is 18.1. The van der Waals surface area contributed by atoms with E-state index in [1.54, 1.807) is 36.4 Å². The van der Waals surface area contributed by atoms with E-state index in [2.05, 4.69) is 0 Å². The van der Waals surface area contributed by atoms with E-state index in [0.717, 1.165) is 22.3 Å². The monoisotopic (exact) mass is 362 g/mol. The van der Waals surface area contributed by atoms with Gasteiger partial charge in [-0.25, -0.2) is 8.42 Å². The van der Waals surface area contributed by atoms with E-state index < -0.39 is 15.6 Å². The summed E-state index contributed by atoms with van der Waals surface area (Å²) in [7, 11) is -3.62. The third kappa shape index (κ3) is 3.92. The van der Waals surface area contributed by atoms with E-state index in [1.165, 1.54) is 0 Å². The van der Waals surface area contributed by atoms with Gasteiger partial charge in [0.2, 0.25) is 0 Å². The molecule has 0 aliphatic heterocycles. The number of benzene rings is 3. The number of hydrogen-bond donors (Lipinski definition) is 0. The molecule has 3 aromatic rings. The van der Waals surface area contributed by atoms with Gasteiger partial charge in [0.1, 0.15) is 0 Å². The van der Waals surface area contributed by atoms with E-state index in [9.17, 15) is 13.8 Å². The van der Waals surface area contributed by atoms with E-state index in [4.69, 9.17) is 0 Å². The molecule has 3 nitrogen and oxygen atoms in total. The van der Waals surface area contributed by atoms with E-state index in [-0.39, 0.29) is 10.6 Å².